The van der Waals surface area contributed by atoms with Gasteiger partial charge in [0.15, 0.2) is 17.6 Å². The van der Waals surface area contributed by atoms with Gasteiger partial charge < -0.3 is 24.3 Å². The lowest BCUT2D eigenvalue weighted by Crippen LogP contribution is -2.33. The van der Waals surface area contributed by atoms with E-state index >= 15 is 0 Å². The van der Waals surface area contributed by atoms with Crippen molar-refractivity contribution in [3.63, 3.8) is 0 Å². The number of methoxy groups -OCH3 is 1. The summed E-state index contributed by atoms with van der Waals surface area (Å²) in [6, 6.07) is 21.6. The summed E-state index contributed by atoms with van der Waals surface area (Å²) in [5.74, 6) is 0.320. The van der Waals surface area contributed by atoms with Crippen LogP contribution in [0.2, 0.25) is 0 Å². The summed E-state index contributed by atoms with van der Waals surface area (Å²) in [5.41, 5.74) is 6.06. The minimum atomic E-state index is -0.861. The van der Waals surface area contributed by atoms with Crippen molar-refractivity contribution in [3.8, 4) is 17.2 Å². The third-order valence-corrected chi connectivity index (χ3v) is 8.70. The van der Waals surface area contributed by atoms with Gasteiger partial charge in [-0.2, -0.15) is 5.10 Å². The number of nitrogens with zero attached hydrogens (tertiary/aromatic N) is 1. The van der Waals surface area contributed by atoms with Crippen molar-refractivity contribution in [1.29, 1.82) is 0 Å². The third kappa shape index (κ3) is 8.56. The Labute approximate surface area is 277 Å². The zero-order valence-corrected chi connectivity index (χ0v) is 27.4. The molecule has 1 atom stereocenters. The molecule has 0 aliphatic heterocycles. The second-order valence-corrected chi connectivity index (χ2v) is 11.9. The quantitative estimate of drug-likeness (QED) is 0.0950. The fraction of sp³-hybridized carbons (Fsp3) is 0.278. The number of aryl methyl sites for hydroxylation is 1. The number of ether oxygens (including phenoxy) is 4. The van der Waals surface area contributed by atoms with Crippen LogP contribution in [0.15, 0.2) is 77.9 Å². The van der Waals surface area contributed by atoms with E-state index in [2.05, 4.69) is 15.8 Å². The number of hydrogen-bond acceptors (Lipinski definition) is 9. The van der Waals surface area contributed by atoms with Gasteiger partial charge in [-0.25, -0.2) is 10.2 Å². The van der Waals surface area contributed by atoms with Crippen LogP contribution in [0.4, 0.5) is 5.00 Å². The van der Waals surface area contributed by atoms with E-state index in [1.165, 1.54) is 17.6 Å². The molecule has 0 fully saturated rings. The SMILES string of the molecule is CCOC(=O)c1c(NC(=O)c2ccc(O[C@@H](C)C(=O)N/N=C\c3ccc(OCc4ccccc4)c(OC)c3)cc2)sc2c1CCCC2. The van der Waals surface area contributed by atoms with E-state index in [4.69, 9.17) is 18.9 Å². The zero-order valence-electron chi connectivity index (χ0n) is 26.5. The summed E-state index contributed by atoms with van der Waals surface area (Å²) in [6.07, 6.45) is 4.38. The van der Waals surface area contributed by atoms with Gasteiger partial charge in [-0.05, 0) is 98.7 Å². The average Bonchev–Trinajstić information content (AvgIpc) is 3.46. The first-order valence-corrected chi connectivity index (χ1v) is 16.2. The summed E-state index contributed by atoms with van der Waals surface area (Å²) < 4.78 is 22.4. The number of anilines is 1. The average molecular weight is 656 g/mol. The summed E-state index contributed by atoms with van der Waals surface area (Å²) in [6.45, 7) is 4.03. The molecule has 5 rings (SSSR count). The van der Waals surface area contributed by atoms with Gasteiger partial charge in [-0.3, -0.25) is 9.59 Å². The molecule has 0 spiro atoms. The second kappa shape index (κ2) is 15.9. The van der Waals surface area contributed by atoms with E-state index in [-0.39, 0.29) is 12.5 Å². The number of hydrazone groups is 1. The van der Waals surface area contributed by atoms with Crippen molar-refractivity contribution in [2.24, 2.45) is 5.10 Å². The highest BCUT2D eigenvalue weighted by Crippen LogP contribution is 2.39. The van der Waals surface area contributed by atoms with E-state index in [9.17, 15) is 14.4 Å². The van der Waals surface area contributed by atoms with Crippen LogP contribution in [0, 0.1) is 0 Å². The number of fused-ring (bicyclic) bond motifs is 1. The molecule has 0 saturated heterocycles. The maximum Gasteiger partial charge on any atom is 0.341 e. The normalized spacial score (nSPS) is 12.9. The Balaban J connectivity index is 1.14. The van der Waals surface area contributed by atoms with Gasteiger partial charge in [0.05, 0.1) is 25.5 Å². The molecule has 3 aromatic carbocycles. The number of thiophene rings is 1. The lowest BCUT2D eigenvalue weighted by molar-refractivity contribution is -0.127. The highest BCUT2D eigenvalue weighted by Gasteiger charge is 2.27. The molecule has 1 aromatic heterocycles. The van der Waals surface area contributed by atoms with Crippen LogP contribution in [0.5, 0.6) is 17.2 Å². The van der Waals surface area contributed by atoms with Crippen molar-refractivity contribution in [1.82, 2.24) is 5.43 Å². The molecule has 244 valence electrons. The highest BCUT2D eigenvalue weighted by atomic mass is 32.1. The Morgan fingerprint density at radius 3 is 2.49 bits per heavy atom. The number of carbonyl (C=O) groups is 3. The van der Waals surface area contributed by atoms with Gasteiger partial charge in [0.25, 0.3) is 11.8 Å². The minimum absolute atomic E-state index is 0.260. The molecule has 2 N–H and O–H groups in total. The first kappa shape index (κ1) is 33.2. The number of amides is 2. The van der Waals surface area contributed by atoms with Crippen molar-refractivity contribution < 1.29 is 33.3 Å². The molecule has 1 aliphatic carbocycles. The number of carbonyl (C=O) groups excluding carboxylic acids is 3. The van der Waals surface area contributed by atoms with Crippen LogP contribution in [0.3, 0.4) is 0 Å². The largest absolute Gasteiger partial charge is 0.493 e. The van der Waals surface area contributed by atoms with Crippen LogP contribution in [0.1, 0.15) is 69.0 Å². The molecule has 10 nitrogen and oxygen atoms in total. The lowest BCUT2D eigenvalue weighted by atomic mass is 9.95. The van der Waals surface area contributed by atoms with E-state index in [0.717, 1.165) is 41.7 Å². The maximum atomic E-state index is 13.1. The number of hydrogen-bond donors (Lipinski definition) is 2. The molecule has 2 amide bonds. The van der Waals surface area contributed by atoms with Crippen LogP contribution in [-0.4, -0.2) is 43.8 Å². The van der Waals surface area contributed by atoms with Crippen LogP contribution < -0.4 is 25.0 Å². The molecule has 0 saturated carbocycles. The number of nitrogens with one attached hydrogen (secondary N) is 2. The first-order valence-electron chi connectivity index (χ1n) is 15.4. The van der Waals surface area contributed by atoms with E-state index in [1.807, 2.05) is 30.3 Å². The van der Waals surface area contributed by atoms with Crippen LogP contribution in [0.25, 0.3) is 0 Å². The van der Waals surface area contributed by atoms with Crippen molar-refractivity contribution in [2.75, 3.05) is 19.0 Å². The number of esters is 1. The molecular formula is C36H37N3O7S. The molecule has 4 aromatic rings. The van der Waals surface area contributed by atoms with Gasteiger partial charge >= 0.3 is 5.97 Å². The monoisotopic (exact) mass is 655 g/mol. The maximum absolute atomic E-state index is 13.1. The molecule has 0 bridgehead atoms. The topological polar surface area (TPSA) is 125 Å². The molecule has 0 unspecified atom stereocenters. The smallest absolute Gasteiger partial charge is 0.341 e. The number of benzene rings is 3. The fourth-order valence-corrected chi connectivity index (χ4v) is 6.34. The van der Waals surface area contributed by atoms with Crippen molar-refractivity contribution >= 4 is 40.3 Å². The predicted molar refractivity (Wildman–Crippen MR) is 181 cm³/mol. The van der Waals surface area contributed by atoms with Crippen molar-refractivity contribution in [3.05, 3.63) is 105 Å². The highest BCUT2D eigenvalue weighted by molar-refractivity contribution is 7.17. The van der Waals surface area contributed by atoms with Crippen molar-refractivity contribution in [2.45, 2.75) is 52.2 Å². The van der Waals surface area contributed by atoms with E-state index in [0.29, 0.717) is 45.5 Å². The Bertz CT molecular complexity index is 1740. The lowest BCUT2D eigenvalue weighted by Gasteiger charge is -2.14. The third-order valence-electron chi connectivity index (χ3n) is 7.49. The molecule has 1 heterocycles. The molecule has 1 aliphatic rings. The van der Waals surface area contributed by atoms with Crippen LogP contribution >= 0.6 is 11.3 Å². The van der Waals surface area contributed by atoms with Gasteiger partial charge in [0, 0.05) is 10.4 Å². The Kier molecular flexibility index (Phi) is 11.2. The fourth-order valence-electron chi connectivity index (χ4n) is 5.07. The van der Waals surface area contributed by atoms with Gasteiger partial charge in [-0.1, -0.05) is 30.3 Å². The summed E-state index contributed by atoms with van der Waals surface area (Å²) in [7, 11) is 1.56. The van der Waals surface area contributed by atoms with Gasteiger partial charge in [0.2, 0.25) is 0 Å². The molecular weight excluding hydrogens is 618 g/mol. The standard InChI is InChI=1S/C36H37N3O7S/c1-4-44-36(42)32-28-12-8-9-13-31(28)47-35(32)38-34(41)26-15-17-27(18-16-26)46-23(2)33(40)39-37-21-25-14-19-29(30(20-25)43-3)45-22-24-10-6-5-7-11-24/h5-7,10-11,14-21,23H,4,8-9,12-13,22H2,1-3H3,(H,38,41)(H,39,40)/b37-21-/t23-/m0/s1. The summed E-state index contributed by atoms with van der Waals surface area (Å²) in [4.78, 5) is 39.6. The zero-order chi connectivity index (χ0) is 33.2. The Hall–Kier alpha value is -5.16. The predicted octanol–water partition coefficient (Wildman–Crippen LogP) is 6.56. The molecule has 11 heteroatoms. The summed E-state index contributed by atoms with van der Waals surface area (Å²) >= 11 is 1.44. The Morgan fingerprint density at radius 2 is 1.74 bits per heavy atom. The Morgan fingerprint density at radius 1 is 0.979 bits per heavy atom. The first-order chi connectivity index (χ1) is 22.9. The minimum Gasteiger partial charge on any atom is -0.493 e. The van der Waals surface area contributed by atoms with Gasteiger partial charge in [0.1, 0.15) is 17.4 Å². The van der Waals surface area contributed by atoms with E-state index < -0.39 is 18.0 Å². The summed E-state index contributed by atoms with van der Waals surface area (Å²) in [5, 5.41) is 7.47. The second-order valence-electron chi connectivity index (χ2n) is 10.8. The van der Waals surface area contributed by atoms with E-state index in [1.54, 1.807) is 63.4 Å². The van der Waals surface area contributed by atoms with Crippen LogP contribution in [-0.2, 0) is 29.0 Å². The number of rotatable bonds is 13. The van der Waals surface area contributed by atoms with Gasteiger partial charge in [-0.15, -0.1) is 11.3 Å². The molecule has 0 radical (unpaired) electrons. The molecule has 47 heavy (non-hydrogen) atoms.